The lowest BCUT2D eigenvalue weighted by atomic mass is 10.2. The van der Waals surface area contributed by atoms with E-state index in [9.17, 15) is 0 Å². The first-order valence-corrected chi connectivity index (χ1v) is 8.73. The van der Waals surface area contributed by atoms with Gasteiger partial charge in [-0.05, 0) is 6.42 Å². The van der Waals surface area contributed by atoms with Crippen LogP contribution < -0.4 is 0 Å². The Bertz CT molecular complexity index is 188. The lowest BCUT2D eigenvalue weighted by molar-refractivity contribution is -0.00440. The van der Waals surface area contributed by atoms with Crippen LogP contribution in [0.1, 0.15) is 39.0 Å². The second-order valence-electron chi connectivity index (χ2n) is 4.61. The third-order valence-corrected chi connectivity index (χ3v) is 4.34. The summed E-state index contributed by atoms with van der Waals surface area (Å²) in [5.74, 6) is 0. The van der Waals surface area contributed by atoms with E-state index in [4.69, 9.17) is 5.53 Å². The van der Waals surface area contributed by atoms with Gasteiger partial charge in [-0.15, -0.1) is 0 Å². The first-order valence-electron chi connectivity index (χ1n) is 5.23. The summed E-state index contributed by atoms with van der Waals surface area (Å²) in [6.45, 7) is 8.88. The standard InChI is InChI=1S/C10H22N2Si/c1-5-6-7-8-9-10(12-11)13(2,3)4/h5-9H2,1-4H3. The second-order valence-corrected chi connectivity index (χ2v) is 9.68. The minimum atomic E-state index is -1.35. The van der Waals surface area contributed by atoms with Gasteiger partial charge in [0.05, 0.1) is 0 Å². The Balaban J connectivity index is 3.83. The quantitative estimate of drug-likeness (QED) is 0.206. The molecule has 0 rings (SSSR count). The van der Waals surface area contributed by atoms with Gasteiger partial charge in [-0.2, -0.15) is 4.79 Å². The van der Waals surface area contributed by atoms with E-state index >= 15 is 0 Å². The van der Waals surface area contributed by atoms with E-state index in [2.05, 4.69) is 31.4 Å². The van der Waals surface area contributed by atoms with Crippen molar-refractivity contribution in [1.29, 1.82) is 0 Å². The molecule has 0 aromatic heterocycles. The average Bonchev–Trinajstić information content (AvgIpc) is 2.02. The predicted molar refractivity (Wildman–Crippen MR) is 60.7 cm³/mol. The summed E-state index contributed by atoms with van der Waals surface area (Å²) in [5.41, 5.74) is 8.84. The van der Waals surface area contributed by atoms with Gasteiger partial charge in [0.2, 0.25) is 5.33 Å². The number of nitrogens with zero attached hydrogens (tertiary/aromatic N) is 2. The zero-order valence-electron chi connectivity index (χ0n) is 9.43. The fourth-order valence-corrected chi connectivity index (χ4v) is 2.52. The van der Waals surface area contributed by atoms with Crippen LogP contribution in [0.15, 0.2) is 0 Å². The fraction of sp³-hybridized carbons (Fsp3) is 0.900. The molecule has 0 aliphatic rings. The third-order valence-electron chi connectivity index (χ3n) is 2.25. The van der Waals surface area contributed by atoms with E-state index in [0.29, 0.717) is 0 Å². The molecule has 0 bridgehead atoms. The molecule has 0 amide bonds. The van der Waals surface area contributed by atoms with Crippen molar-refractivity contribution in [2.24, 2.45) is 0 Å². The molecule has 0 aromatic carbocycles. The molecule has 3 heteroatoms. The first kappa shape index (κ1) is 12.6. The molecular formula is C10H22N2Si. The monoisotopic (exact) mass is 198 g/mol. The third kappa shape index (κ3) is 5.78. The van der Waals surface area contributed by atoms with Crippen LogP contribution in [-0.2, 0) is 0 Å². The zero-order chi connectivity index (χ0) is 10.3. The highest BCUT2D eigenvalue weighted by Gasteiger charge is 2.28. The molecule has 0 aromatic rings. The molecular weight excluding hydrogens is 176 g/mol. The lowest BCUT2D eigenvalue weighted by Gasteiger charge is -2.09. The molecule has 0 N–H and O–H groups in total. The van der Waals surface area contributed by atoms with Gasteiger partial charge in [0.25, 0.3) is 0 Å². The van der Waals surface area contributed by atoms with Crippen LogP contribution in [0.4, 0.5) is 0 Å². The van der Waals surface area contributed by atoms with E-state index in [0.717, 1.165) is 11.8 Å². The van der Waals surface area contributed by atoms with Crippen molar-refractivity contribution in [2.75, 3.05) is 0 Å². The largest absolute Gasteiger partial charge is 0.362 e. The molecule has 0 atom stereocenters. The molecule has 76 valence electrons. The lowest BCUT2D eigenvalue weighted by Crippen LogP contribution is -2.34. The van der Waals surface area contributed by atoms with Crippen LogP contribution in [0.25, 0.3) is 5.53 Å². The Hall–Kier alpha value is -0.403. The maximum atomic E-state index is 8.84. The van der Waals surface area contributed by atoms with Crippen molar-refractivity contribution in [3.63, 3.8) is 0 Å². The van der Waals surface area contributed by atoms with Gasteiger partial charge >= 0.3 is 0 Å². The molecule has 0 heterocycles. The minimum absolute atomic E-state index is 0.992. The molecule has 0 spiro atoms. The summed E-state index contributed by atoms with van der Waals surface area (Å²) in [6, 6.07) is 0. The van der Waals surface area contributed by atoms with Crippen LogP contribution >= 0.6 is 0 Å². The molecule has 0 radical (unpaired) electrons. The summed E-state index contributed by atoms with van der Waals surface area (Å²) in [5, 5.41) is 1.06. The van der Waals surface area contributed by atoms with Crippen molar-refractivity contribution >= 4 is 13.4 Å². The number of hydrogen-bond donors (Lipinski definition) is 0. The van der Waals surface area contributed by atoms with Crippen molar-refractivity contribution in [1.82, 2.24) is 0 Å². The number of rotatable bonds is 6. The van der Waals surface area contributed by atoms with Crippen LogP contribution in [0.2, 0.25) is 19.6 Å². The van der Waals surface area contributed by atoms with Crippen molar-refractivity contribution < 1.29 is 4.79 Å². The van der Waals surface area contributed by atoms with Crippen LogP contribution in [0, 0.1) is 0 Å². The van der Waals surface area contributed by atoms with Gasteiger partial charge in [-0.25, -0.2) is 0 Å². The van der Waals surface area contributed by atoms with E-state index in [1.165, 1.54) is 25.7 Å². The Labute approximate surface area is 83.0 Å². The highest BCUT2D eigenvalue weighted by Crippen LogP contribution is 2.10. The van der Waals surface area contributed by atoms with E-state index in [1.807, 2.05) is 0 Å². The minimum Gasteiger partial charge on any atom is -0.362 e. The molecule has 0 unspecified atom stereocenters. The smallest absolute Gasteiger partial charge is 0.236 e. The van der Waals surface area contributed by atoms with Crippen molar-refractivity contribution in [2.45, 2.75) is 58.7 Å². The summed E-state index contributed by atoms with van der Waals surface area (Å²) in [7, 11) is -1.35. The summed E-state index contributed by atoms with van der Waals surface area (Å²) >= 11 is 0. The van der Waals surface area contributed by atoms with E-state index in [-0.39, 0.29) is 0 Å². The zero-order valence-corrected chi connectivity index (χ0v) is 10.4. The Morgan fingerprint density at radius 2 is 1.77 bits per heavy atom. The van der Waals surface area contributed by atoms with Gasteiger partial charge in [0, 0.05) is 6.42 Å². The van der Waals surface area contributed by atoms with Gasteiger partial charge in [0.1, 0.15) is 0 Å². The van der Waals surface area contributed by atoms with Crippen LogP contribution in [0.3, 0.4) is 0 Å². The molecule has 2 nitrogen and oxygen atoms in total. The van der Waals surface area contributed by atoms with Gasteiger partial charge < -0.3 is 5.53 Å². The summed E-state index contributed by atoms with van der Waals surface area (Å²) in [6.07, 6.45) is 5.99. The Morgan fingerprint density at radius 3 is 2.15 bits per heavy atom. The topological polar surface area (TPSA) is 36.4 Å². The SMILES string of the molecule is CCCCCCC(=[N+]=[N-])[Si](C)(C)C. The number of unbranched alkanes of at least 4 members (excludes halogenated alkanes) is 3. The van der Waals surface area contributed by atoms with Gasteiger partial charge in [-0.1, -0.05) is 45.8 Å². The van der Waals surface area contributed by atoms with Crippen molar-refractivity contribution in [3.8, 4) is 0 Å². The van der Waals surface area contributed by atoms with Gasteiger partial charge in [0.15, 0.2) is 8.07 Å². The summed E-state index contributed by atoms with van der Waals surface area (Å²) in [4.78, 5) is 3.44. The molecule has 0 fully saturated rings. The maximum Gasteiger partial charge on any atom is 0.236 e. The highest BCUT2D eigenvalue weighted by atomic mass is 28.3. The molecule has 0 saturated heterocycles. The van der Waals surface area contributed by atoms with Gasteiger partial charge in [-0.3, -0.25) is 0 Å². The molecule has 0 saturated carbocycles. The highest BCUT2D eigenvalue weighted by molar-refractivity contribution is 7.03. The normalized spacial score (nSPS) is 11.1. The second kappa shape index (κ2) is 6.11. The summed E-state index contributed by atoms with van der Waals surface area (Å²) < 4.78 is 0. The Kier molecular flexibility index (Phi) is 5.92. The van der Waals surface area contributed by atoms with E-state index < -0.39 is 8.07 Å². The molecule has 0 aliphatic heterocycles. The maximum absolute atomic E-state index is 8.84. The molecule has 0 aliphatic carbocycles. The van der Waals surface area contributed by atoms with Crippen molar-refractivity contribution in [3.05, 3.63) is 5.53 Å². The Morgan fingerprint density at radius 1 is 1.15 bits per heavy atom. The average molecular weight is 198 g/mol. The first-order chi connectivity index (χ1) is 6.02. The van der Waals surface area contributed by atoms with E-state index in [1.54, 1.807) is 0 Å². The molecule has 13 heavy (non-hydrogen) atoms. The predicted octanol–water partition coefficient (Wildman–Crippen LogP) is 3.51. The number of hydrogen-bond acceptors (Lipinski definition) is 0. The fourth-order valence-electron chi connectivity index (χ4n) is 1.29. The van der Waals surface area contributed by atoms with Crippen LogP contribution in [-0.4, -0.2) is 18.2 Å². The van der Waals surface area contributed by atoms with Crippen LogP contribution in [0.5, 0.6) is 0 Å².